The molecule has 3 aromatic rings. The van der Waals surface area contributed by atoms with Crippen LogP contribution in [-0.2, 0) is 12.8 Å². The Morgan fingerprint density at radius 3 is 2.65 bits per heavy atom. The van der Waals surface area contributed by atoms with Crippen molar-refractivity contribution in [3.8, 4) is 11.6 Å². The second-order valence-electron chi connectivity index (χ2n) is 6.28. The van der Waals surface area contributed by atoms with Crippen molar-refractivity contribution in [2.45, 2.75) is 45.4 Å². The number of unbranched alkanes of at least 4 members (excludes halogenated alkanes) is 3. The van der Waals surface area contributed by atoms with Crippen LogP contribution in [0.2, 0.25) is 0 Å². The van der Waals surface area contributed by atoms with E-state index < -0.39 is 0 Å². The van der Waals surface area contributed by atoms with Crippen LogP contribution in [0.5, 0.6) is 0 Å². The van der Waals surface area contributed by atoms with Gasteiger partial charge in [0.05, 0.1) is 6.20 Å². The molecule has 0 amide bonds. The molecule has 0 fully saturated rings. The molecular weight excluding hydrogens is 326 g/mol. The number of nitrogens with zero attached hydrogens (tertiary/aromatic N) is 4. The summed E-state index contributed by atoms with van der Waals surface area (Å²) in [7, 11) is 0. The first-order chi connectivity index (χ1) is 12.9. The smallest absolute Gasteiger partial charge is 0.247 e. The van der Waals surface area contributed by atoms with E-state index >= 15 is 0 Å². The lowest BCUT2D eigenvalue weighted by Gasteiger charge is -2.12. The lowest BCUT2D eigenvalue weighted by atomic mass is 10.0. The predicted octanol–water partition coefficient (Wildman–Crippen LogP) is 4.30. The fourth-order valence-corrected chi connectivity index (χ4v) is 2.91. The van der Waals surface area contributed by atoms with E-state index in [1.807, 2.05) is 6.07 Å². The van der Waals surface area contributed by atoms with Gasteiger partial charge in [0, 0.05) is 12.1 Å². The van der Waals surface area contributed by atoms with Crippen LogP contribution in [0.3, 0.4) is 0 Å². The molecular formula is C20H25N5O. The van der Waals surface area contributed by atoms with Crippen molar-refractivity contribution < 1.29 is 4.42 Å². The van der Waals surface area contributed by atoms with Crippen molar-refractivity contribution in [1.82, 2.24) is 20.4 Å². The highest BCUT2D eigenvalue weighted by Gasteiger charge is 2.17. The first-order valence-electron chi connectivity index (χ1n) is 9.28. The van der Waals surface area contributed by atoms with E-state index in [2.05, 4.69) is 56.9 Å². The molecule has 0 bridgehead atoms. The Kier molecular flexibility index (Phi) is 6.70. The summed E-state index contributed by atoms with van der Waals surface area (Å²) >= 11 is 0. The van der Waals surface area contributed by atoms with Gasteiger partial charge in [0.15, 0.2) is 11.5 Å². The Hall–Kier alpha value is -2.76. The largest absolute Gasteiger partial charge is 0.443 e. The van der Waals surface area contributed by atoms with Crippen molar-refractivity contribution in [3.63, 3.8) is 0 Å². The van der Waals surface area contributed by atoms with Crippen LogP contribution in [0.4, 0.5) is 5.82 Å². The Balaban J connectivity index is 1.77. The summed E-state index contributed by atoms with van der Waals surface area (Å²) in [6.07, 6.45) is 9.68. The zero-order valence-corrected chi connectivity index (χ0v) is 15.2. The average molecular weight is 351 g/mol. The summed E-state index contributed by atoms with van der Waals surface area (Å²) in [5.74, 6) is 1.26. The molecule has 6 heteroatoms. The third-order valence-electron chi connectivity index (χ3n) is 4.33. The first-order valence-corrected chi connectivity index (χ1v) is 9.28. The fraction of sp³-hybridized carbons (Fsp3) is 0.400. The van der Waals surface area contributed by atoms with E-state index in [0.717, 1.165) is 37.2 Å². The molecule has 0 spiro atoms. The normalized spacial score (nSPS) is 10.8. The zero-order chi connectivity index (χ0) is 18.0. The Bertz CT molecular complexity index is 774. The predicted molar refractivity (Wildman–Crippen MR) is 102 cm³/mol. The van der Waals surface area contributed by atoms with Gasteiger partial charge in [-0.1, -0.05) is 56.5 Å². The second-order valence-corrected chi connectivity index (χ2v) is 6.28. The maximum atomic E-state index is 5.46. The van der Waals surface area contributed by atoms with Gasteiger partial charge in [0.1, 0.15) is 6.26 Å². The third-order valence-corrected chi connectivity index (χ3v) is 4.33. The van der Waals surface area contributed by atoms with Gasteiger partial charge >= 0.3 is 0 Å². The highest BCUT2D eigenvalue weighted by molar-refractivity contribution is 5.61. The number of aromatic nitrogens is 4. The van der Waals surface area contributed by atoms with Gasteiger partial charge in [0.25, 0.3) is 0 Å². The Morgan fingerprint density at radius 1 is 1.00 bits per heavy atom. The van der Waals surface area contributed by atoms with Gasteiger partial charge < -0.3 is 9.73 Å². The van der Waals surface area contributed by atoms with Crippen LogP contribution >= 0.6 is 0 Å². The van der Waals surface area contributed by atoms with E-state index in [-0.39, 0.29) is 0 Å². The molecule has 2 heterocycles. The molecule has 26 heavy (non-hydrogen) atoms. The maximum Gasteiger partial charge on any atom is 0.247 e. The number of aryl methyl sites for hydroxylation is 1. The maximum absolute atomic E-state index is 5.46. The molecule has 2 aromatic heterocycles. The highest BCUT2D eigenvalue weighted by Crippen LogP contribution is 2.25. The van der Waals surface area contributed by atoms with Gasteiger partial charge in [0.2, 0.25) is 5.89 Å². The number of hydrogen-bond acceptors (Lipinski definition) is 6. The zero-order valence-electron chi connectivity index (χ0n) is 15.2. The average Bonchev–Trinajstić information content (AvgIpc) is 3.22. The number of hydrogen-bond donors (Lipinski definition) is 1. The van der Waals surface area contributed by atoms with Crippen LogP contribution in [0.1, 0.15) is 43.7 Å². The Labute approximate surface area is 154 Å². The van der Waals surface area contributed by atoms with E-state index in [9.17, 15) is 0 Å². The summed E-state index contributed by atoms with van der Waals surface area (Å²) in [4.78, 5) is 4.24. The molecule has 3 rings (SSSR count). The lowest BCUT2D eigenvalue weighted by molar-refractivity contribution is 0.568. The van der Waals surface area contributed by atoms with Gasteiger partial charge in [-0.3, -0.25) is 0 Å². The molecule has 0 atom stereocenters. The molecule has 0 aliphatic carbocycles. The van der Waals surface area contributed by atoms with Crippen LogP contribution in [0, 0.1) is 0 Å². The number of anilines is 1. The standard InChI is InChI=1S/C20H25N5O/c1-2-3-4-8-13-21-19-17(12-11-16-9-6-5-7-10-16)18(23-25-24-19)20-22-14-15-26-20/h5-7,9-10,14-15H,2-4,8,11-13H2,1H3,(H,21,23,24). The van der Waals surface area contributed by atoms with Gasteiger partial charge in [-0.25, -0.2) is 4.98 Å². The van der Waals surface area contributed by atoms with Crippen molar-refractivity contribution in [2.75, 3.05) is 11.9 Å². The first kappa shape index (κ1) is 18.0. The molecule has 6 nitrogen and oxygen atoms in total. The third kappa shape index (κ3) is 4.88. The summed E-state index contributed by atoms with van der Waals surface area (Å²) in [5, 5.41) is 15.8. The summed E-state index contributed by atoms with van der Waals surface area (Å²) in [5.41, 5.74) is 2.94. The van der Waals surface area contributed by atoms with E-state index in [4.69, 9.17) is 4.42 Å². The SMILES string of the molecule is CCCCCCNc1nnnc(-c2ncco2)c1CCc1ccccc1. The quantitative estimate of drug-likeness (QED) is 0.549. The molecule has 0 radical (unpaired) electrons. The number of nitrogens with one attached hydrogen (secondary N) is 1. The molecule has 1 aromatic carbocycles. The summed E-state index contributed by atoms with van der Waals surface area (Å²) in [6, 6.07) is 10.4. The van der Waals surface area contributed by atoms with E-state index in [1.165, 1.54) is 24.8 Å². The molecule has 0 saturated heterocycles. The lowest BCUT2D eigenvalue weighted by Crippen LogP contribution is -2.11. The van der Waals surface area contributed by atoms with Crippen LogP contribution in [0.25, 0.3) is 11.6 Å². The molecule has 0 saturated carbocycles. The van der Waals surface area contributed by atoms with Gasteiger partial charge in [-0.05, 0) is 30.0 Å². The fourth-order valence-electron chi connectivity index (χ4n) is 2.91. The van der Waals surface area contributed by atoms with Crippen molar-refractivity contribution in [3.05, 3.63) is 53.9 Å². The summed E-state index contributed by atoms with van der Waals surface area (Å²) in [6.45, 7) is 3.09. The molecule has 1 N–H and O–H groups in total. The monoisotopic (exact) mass is 351 g/mol. The minimum atomic E-state index is 0.483. The Morgan fingerprint density at radius 2 is 1.88 bits per heavy atom. The molecule has 0 aliphatic heterocycles. The van der Waals surface area contributed by atoms with Crippen molar-refractivity contribution in [2.24, 2.45) is 0 Å². The van der Waals surface area contributed by atoms with Gasteiger partial charge in [-0.2, -0.15) is 0 Å². The molecule has 0 unspecified atom stereocenters. The minimum Gasteiger partial charge on any atom is -0.443 e. The number of benzene rings is 1. The molecule has 0 aliphatic rings. The van der Waals surface area contributed by atoms with E-state index in [0.29, 0.717) is 11.6 Å². The highest BCUT2D eigenvalue weighted by atomic mass is 16.3. The van der Waals surface area contributed by atoms with Crippen molar-refractivity contribution >= 4 is 5.82 Å². The van der Waals surface area contributed by atoms with E-state index in [1.54, 1.807) is 12.5 Å². The topological polar surface area (TPSA) is 76.7 Å². The van der Waals surface area contributed by atoms with Crippen LogP contribution < -0.4 is 5.32 Å². The number of rotatable bonds is 10. The summed E-state index contributed by atoms with van der Waals surface area (Å²) < 4.78 is 5.46. The number of oxazole rings is 1. The van der Waals surface area contributed by atoms with Gasteiger partial charge in [-0.15, -0.1) is 10.2 Å². The molecule has 136 valence electrons. The van der Waals surface area contributed by atoms with Crippen LogP contribution in [0.15, 0.2) is 47.2 Å². The van der Waals surface area contributed by atoms with Crippen LogP contribution in [-0.4, -0.2) is 26.9 Å². The second kappa shape index (κ2) is 9.65. The van der Waals surface area contributed by atoms with Crippen molar-refractivity contribution in [1.29, 1.82) is 0 Å². The minimum absolute atomic E-state index is 0.483.